The van der Waals surface area contributed by atoms with Crippen LogP contribution in [0.3, 0.4) is 0 Å². The number of hydrogen-bond acceptors (Lipinski definition) is 4. The average molecular weight is 590 g/mol. The summed E-state index contributed by atoms with van der Waals surface area (Å²) in [5.41, 5.74) is 3.09. The summed E-state index contributed by atoms with van der Waals surface area (Å²) < 4.78 is 5.53. The van der Waals surface area contributed by atoms with Crippen LogP contribution in [0.4, 0.5) is 10.5 Å². The fourth-order valence-corrected chi connectivity index (χ4v) is 5.38. The van der Waals surface area contributed by atoms with Gasteiger partial charge in [-0.05, 0) is 69.7 Å². The Morgan fingerprint density at radius 3 is 2.26 bits per heavy atom. The summed E-state index contributed by atoms with van der Waals surface area (Å²) >= 11 is 6.48. The lowest BCUT2D eigenvalue weighted by Crippen LogP contribution is -2.54. The van der Waals surface area contributed by atoms with Gasteiger partial charge in [0.05, 0.1) is 10.7 Å². The summed E-state index contributed by atoms with van der Waals surface area (Å²) in [6.45, 7) is 11.2. The van der Waals surface area contributed by atoms with Crippen molar-refractivity contribution in [1.29, 1.82) is 0 Å². The first-order valence-corrected chi connectivity index (χ1v) is 14.7. The molecule has 4 unspecified atom stereocenters. The molecule has 4 atom stereocenters. The van der Waals surface area contributed by atoms with Crippen molar-refractivity contribution in [1.82, 2.24) is 10.2 Å². The number of carbonyl (C=O) groups is 3. The molecule has 0 saturated heterocycles. The summed E-state index contributed by atoms with van der Waals surface area (Å²) in [6, 6.07) is 20.4. The van der Waals surface area contributed by atoms with Gasteiger partial charge < -0.3 is 20.3 Å². The molecular weight excluding hydrogens is 550 g/mol. The monoisotopic (exact) mass is 589 g/mol. The molecule has 1 aliphatic carbocycles. The molecule has 0 heterocycles. The highest BCUT2D eigenvalue weighted by Crippen LogP contribution is 2.41. The lowest BCUT2D eigenvalue weighted by Gasteiger charge is -2.35. The van der Waals surface area contributed by atoms with Crippen LogP contribution < -0.4 is 10.6 Å². The second-order valence-electron chi connectivity index (χ2n) is 12.2. The Balaban J connectivity index is 1.77. The first-order chi connectivity index (χ1) is 19.8. The number of aryl methyl sites for hydroxylation is 2. The second-order valence-corrected chi connectivity index (χ2v) is 12.6. The minimum absolute atomic E-state index is 0.181. The Morgan fingerprint density at radius 2 is 1.67 bits per heavy atom. The van der Waals surface area contributed by atoms with E-state index in [1.807, 2.05) is 80.6 Å². The maximum absolute atomic E-state index is 14.6. The number of anilines is 1. The topological polar surface area (TPSA) is 87.7 Å². The Morgan fingerprint density at radius 1 is 1.00 bits per heavy atom. The Labute approximate surface area is 253 Å². The summed E-state index contributed by atoms with van der Waals surface area (Å²) in [6.07, 6.45) is 0.294. The number of hydrogen-bond donors (Lipinski definition) is 2. The molecule has 7 nitrogen and oxygen atoms in total. The fourth-order valence-electron chi connectivity index (χ4n) is 5.11. The van der Waals surface area contributed by atoms with Crippen molar-refractivity contribution in [2.45, 2.75) is 78.1 Å². The maximum Gasteiger partial charge on any atom is 0.408 e. The lowest BCUT2D eigenvalue weighted by molar-refractivity contribution is -0.141. The summed E-state index contributed by atoms with van der Waals surface area (Å²) in [5.74, 6) is -0.536. The van der Waals surface area contributed by atoms with Crippen molar-refractivity contribution in [3.63, 3.8) is 0 Å². The van der Waals surface area contributed by atoms with Gasteiger partial charge in [-0.2, -0.15) is 0 Å². The Kier molecular flexibility index (Phi) is 9.62. The number of nitrogens with zero attached hydrogens (tertiary/aromatic N) is 1. The third-order valence-electron chi connectivity index (χ3n) is 7.31. The molecule has 8 heteroatoms. The van der Waals surface area contributed by atoms with Crippen LogP contribution in [0.2, 0.25) is 5.02 Å². The van der Waals surface area contributed by atoms with E-state index in [1.165, 1.54) is 0 Å². The van der Waals surface area contributed by atoms with E-state index in [0.717, 1.165) is 23.1 Å². The molecule has 0 aromatic heterocycles. The predicted molar refractivity (Wildman–Crippen MR) is 166 cm³/mol. The van der Waals surface area contributed by atoms with Gasteiger partial charge in [0.2, 0.25) is 5.91 Å². The van der Waals surface area contributed by atoms with Gasteiger partial charge in [0.1, 0.15) is 17.7 Å². The van der Waals surface area contributed by atoms with Crippen molar-refractivity contribution in [3.05, 3.63) is 100 Å². The van der Waals surface area contributed by atoms with Crippen molar-refractivity contribution in [2.75, 3.05) is 5.32 Å². The van der Waals surface area contributed by atoms with E-state index in [4.69, 9.17) is 16.3 Å². The molecule has 222 valence electrons. The van der Waals surface area contributed by atoms with Gasteiger partial charge in [-0.3, -0.25) is 9.59 Å². The molecule has 1 saturated carbocycles. The third kappa shape index (κ3) is 7.91. The van der Waals surface area contributed by atoms with Crippen molar-refractivity contribution < 1.29 is 19.1 Å². The van der Waals surface area contributed by atoms with Crippen LogP contribution in [-0.2, 0) is 20.7 Å². The number of rotatable bonds is 9. The molecule has 0 spiro atoms. The minimum atomic E-state index is -0.961. The van der Waals surface area contributed by atoms with Gasteiger partial charge in [-0.25, -0.2) is 4.79 Å². The molecule has 2 N–H and O–H groups in total. The molecule has 3 aromatic carbocycles. The predicted octanol–water partition coefficient (Wildman–Crippen LogP) is 7.01. The van der Waals surface area contributed by atoms with Gasteiger partial charge >= 0.3 is 6.09 Å². The first kappa shape index (κ1) is 31.1. The van der Waals surface area contributed by atoms with Gasteiger partial charge in [-0.15, -0.1) is 0 Å². The highest BCUT2D eigenvalue weighted by atomic mass is 35.5. The largest absolute Gasteiger partial charge is 0.444 e. The van der Waals surface area contributed by atoms with E-state index >= 15 is 0 Å². The minimum Gasteiger partial charge on any atom is -0.444 e. The molecule has 0 aliphatic heterocycles. The molecule has 3 amide bonds. The molecule has 0 bridgehead atoms. The molecular formula is C34H40ClN3O4. The van der Waals surface area contributed by atoms with Gasteiger partial charge in [0.25, 0.3) is 5.91 Å². The quantitative estimate of drug-likeness (QED) is 0.281. The van der Waals surface area contributed by atoms with Crippen LogP contribution in [0, 0.1) is 19.8 Å². The standard InChI is InChI=1S/C34H40ClN3O4/c1-21-12-10-16-25(18-21)30(31(39)37-29-22(2)13-11-17-26(29)35)38(28-19-23(28)3)32(40)27(20-24-14-8-7-9-15-24)36-33(41)42-34(4,5)6/h7-18,23,27-28,30H,19-20H2,1-6H3,(H,36,41)(H,37,39). The molecule has 42 heavy (non-hydrogen) atoms. The Hall–Kier alpha value is -3.84. The first-order valence-electron chi connectivity index (χ1n) is 14.3. The lowest BCUT2D eigenvalue weighted by atomic mass is 9.98. The fraction of sp³-hybridized carbons (Fsp3) is 0.382. The average Bonchev–Trinajstić information content (AvgIpc) is 3.63. The van der Waals surface area contributed by atoms with Crippen molar-refractivity contribution in [3.8, 4) is 0 Å². The van der Waals surface area contributed by atoms with Crippen LogP contribution in [0.25, 0.3) is 0 Å². The van der Waals surface area contributed by atoms with Crippen LogP contribution in [-0.4, -0.2) is 40.5 Å². The van der Waals surface area contributed by atoms with E-state index in [0.29, 0.717) is 16.3 Å². The van der Waals surface area contributed by atoms with Gasteiger partial charge in [0, 0.05) is 12.5 Å². The SMILES string of the molecule is Cc1cccc(C(C(=O)Nc2c(C)cccc2Cl)N(C(=O)C(Cc2ccccc2)NC(=O)OC(C)(C)C)C2CC2C)c1. The number of alkyl carbamates (subject to hydrolysis) is 1. The zero-order valence-corrected chi connectivity index (χ0v) is 25.9. The summed E-state index contributed by atoms with van der Waals surface area (Å²) in [4.78, 5) is 43.5. The number of halogens is 1. The number of para-hydroxylation sites is 1. The van der Waals surface area contributed by atoms with Crippen LogP contribution >= 0.6 is 11.6 Å². The molecule has 3 aromatic rings. The normalized spacial score (nSPS) is 17.5. The summed E-state index contributed by atoms with van der Waals surface area (Å²) in [7, 11) is 0. The third-order valence-corrected chi connectivity index (χ3v) is 7.62. The van der Waals surface area contributed by atoms with Crippen molar-refractivity contribution >= 4 is 35.2 Å². The van der Waals surface area contributed by atoms with E-state index in [9.17, 15) is 14.4 Å². The maximum atomic E-state index is 14.6. The van der Waals surface area contributed by atoms with Crippen molar-refractivity contribution in [2.24, 2.45) is 5.92 Å². The number of carbonyl (C=O) groups excluding carboxylic acids is 3. The number of amides is 3. The van der Waals surface area contributed by atoms with E-state index in [1.54, 1.807) is 31.7 Å². The molecule has 1 aliphatic rings. The highest BCUT2D eigenvalue weighted by Gasteiger charge is 2.48. The van der Waals surface area contributed by atoms with Crippen LogP contribution in [0.15, 0.2) is 72.8 Å². The van der Waals surface area contributed by atoms with E-state index in [2.05, 4.69) is 17.6 Å². The number of benzene rings is 3. The van der Waals surface area contributed by atoms with E-state index < -0.39 is 23.8 Å². The van der Waals surface area contributed by atoms with Gasteiger partial charge in [0.15, 0.2) is 0 Å². The number of ether oxygens (including phenoxy) is 1. The van der Waals surface area contributed by atoms with Gasteiger partial charge in [-0.1, -0.05) is 90.8 Å². The van der Waals surface area contributed by atoms with Crippen LogP contribution in [0.1, 0.15) is 62.4 Å². The molecule has 4 rings (SSSR count). The van der Waals surface area contributed by atoms with E-state index in [-0.39, 0.29) is 30.2 Å². The molecule has 0 radical (unpaired) electrons. The smallest absolute Gasteiger partial charge is 0.408 e. The zero-order chi connectivity index (χ0) is 30.6. The summed E-state index contributed by atoms with van der Waals surface area (Å²) in [5, 5.41) is 6.25. The number of nitrogens with one attached hydrogen (secondary N) is 2. The Bertz CT molecular complexity index is 1420. The molecule has 1 fully saturated rings. The second kappa shape index (κ2) is 13.0. The van der Waals surface area contributed by atoms with Crippen LogP contribution in [0.5, 0.6) is 0 Å². The zero-order valence-electron chi connectivity index (χ0n) is 25.1. The highest BCUT2D eigenvalue weighted by molar-refractivity contribution is 6.34.